The summed E-state index contributed by atoms with van der Waals surface area (Å²) in [5.41, 5.74) is 1.16. The van der Waals surface area contributed by atoms with Crippen LogP contribution in [0.4, 0.5) is 0 Å². The average Bonchev–Trinajstić information content (AvgIpc) is 2.39. The molecule has 2 rings (SSSR count). The Bertz CT molecular complexity index is 440. The molecule has 0 saturated heterocycles. The van der Waals surface area contributed by atoms with Gasteiger partial charge in [0.25, 0.3) is 0 Å². The molecule has 0 radical (unpaired) electrons. The van der Waals surface area contributed by atoms with Gasteiger partial charge in [0.2, 0.25) is 5.88 Å². The molecule has 0 aliphatic heterocycles. The minimum atomic E-state index is 0.622. The van der Waals surface area contributed by atoms with Gasteiger partial charge in [-0.3, -0.25) is 0 Å². The predicted octanol–water partition coefficient (Wildman–Crippen LogP) is 2.98. The van der Waals surface area contributed by atoms with Crippen LogP contribution >= 0.6 is 0 Å². The fourth-order valence-corrected chi connectivity index (χ4v) is 1.45. The molecule has 0 fully saturated rings. The van der Waals surface area contributed by atoms with Crippen molar-refractivity contribution >= 4 is 0 Å². The third-order valence-electron chi connectivity index (χ3n) is 2.34. The Morgan fingerprint density at radius 1 is 1.12 bits per heavy atom. The Morgan fingerprint density at radius 2 is 1.94 bits per heavy atom. The molecule has 0 unspecified atom stereocenters. The van der Waals surface area contributed by atoms with E-state index in [0.29, 0.717) is 5.88 Å². The molecule has 0 saturated carbocycles. The van der Waals surface area contributed by atoms with E-state index in [1.165, 1.54) is 0 Å². The number of hydrogen-bond acceptors (Lipinski definition) is 3. The first kappa shape index (κ1) is 11.6. The number of benzene rings is 1. The van der Waals surface area contributed by atoms with Crippen LogP contribution in [0.25, 0.3) is 0 Å². The van der Waals surface area contributed by atoms with E-state index < -0.39 is 0 Å². The van der Waals surface area contributed by atoms with Crippen molar-refractivity contribution in [3.8, 4) is 11.6 Å². The second-order valence-electron chi connectivity index (χ2n) is 3.70. The van der Waals surface area contributed by atoms with Gasteiger partial charge in [0, 0.05) is 18.8 Å². The van der Waals surface area contributed by atoms with Crippen molar-refractivity contribution < 1.29 is 4.74 Å². The zero-order chi connectivity index (χ0) is 11.9. The quantitative estimate of drug-likeness (QED) is 0.854. The number of hydrogen-bond donors (Lipinski definition) is 1. The van der Waals surface area contributed by atoms with E-state index in [0.717, 1.165) is 24.4 Å². The van der Waals surface area contributed by atoms with Crippen molar-refractivity contribution in [2.45, 2.75) is 13.5 Å². The van der Waals surface area contributed by atoms with Crippen molar-refractivity contribution in [3.05, 3.63) is 54.2 Å². The highest BCUT2D eigenvalue weighted by molar-refractivity contribution is 5.27. The summed E-state index contributed by atoms with van der Waals surface area (Å²) in [6, 6.07) is 13.6. The number of ether oxygens (including phenoxy) is 1. The van der Waals surface area contributed by atoms with E-state index in [1.807, 2.05) is 48.7 Å². The van der Waals surface area contributed by atoms with Gasteiger partial charge in [-0.05, 0) is 24.2 Å². The van der Waals surface area contributed by atoms with Gasteiger partial charge in [0.05, 0.1) is 0 Å². The largest absolute Gasteiger partial charge is 0.439 e. The number of para-hydroxylation sites is 1. The normalized spacial score (nSPS) is 10.2. The number of aromatic nitrogens is 1. The van der Waals surface area contributed by atoms with Crippen LogP contribution in [0.2, 0.25) is 0 Å². The van der Waals surface area contributed by atoms with Crippen LogP contribution in [0.15, 0.2) is 48.7 Å². The number of pyridine rings is 1. The molecule has 1 aromatic heterocycles. The van der Waals surface area contributed by atoms with Crippen molar-refractivity contribution in [1.82, 2.24) is 10.3 Å². The molecule has 1 heterocycles. The van der Waals surface area contributed by atoms with Gasteiger partial charge < -0.3 is 10.1 Å². The molecule has 17 heavy (non-hydrogen) atoms. The summed E-state index contributed by atoms with van der Waals surface area (Å²) in [7, 11) is 0. The summed E-state index contributed by atoms with van der Waals surface area (Å²) in [5.74, 6) is 1.43. The van der Waals surface area contributed by atoms with Crippen LogP contribution < -0.4 is 10.1 Å². The van der Waals surface area contributed by atoms with Crippen LogP contribution in [-0.2, 0) is 6.54 Å². The van der Waals surface area contributed by atoms with Gasteiger partial charge in [0.15, 0.2) is 0 Å². The molecular formula is C14H16N2O. The van der Waals surface area contributed by atoms with Crippen LogP contribution in [0.5, 0.6) is 11.6 Å². The molecule has 3 heteroatoms. The smallest absolute Gasteiger partial charge is 0.219 e. The standard InChI is InChI=1S/C14H16N2O/c1-2-15-10-12-8-9-14(16-11-12)17-13-6-4-3-5-7-13/h3-9,11,15H,2,10H2,1H3. The second kappa shape index (κ2) is 6.01. The maximum Gasteiger partial charge on any atom is 0.219 e. The number of nitrogens with one attached hydrogen (secondary N) is 1. The first-order chi connectivity index (χ1) is 8.38. The summed E-state index contributed by atoms with van der Waals surface area (Å²) >= 11 is 0. The molecule has 3 nitrogen and oxygen atoms in total. The van der Waals surface area contributed by atoms with Crippen LogP contribution in [0.1, 0.15) is 12.5 Å². The maximum absolute atomic E-state index is 5.61. The van der Waals surface area contributed by atoms with Crippen LogP contribution in [0.3, 0.4) is 0 Å². The zero-order valence-electron chi connectivity index (χ0n) is 9.89. The molecule has 0 aliphatic carbocycles. The molecule has 88 valence electrons. The minimum Gasteiger partial charge on any atom is -0.439 e. The fraction of sp³-hybridized carbons (Fsp3) is 0.214. The Balaban J connectivity index is 1.98. The lowest BCUT2D eigenvalue weighted by molar-refractivity contribution is 0.462. The maximum atomic E-state index is 5.61. The van der Waals surface area contributed by atoms with Gasteiger partial charge >= 0.3 is 0 Å². The highest BCUT2D eigenvalue weighted by Gasteiger charge is 1.98. The summed E-state index contributed by atoms with van der Waals surface area (Å²) in [6.45, 7) is 3.89. The molecule has 0 atom stereocenters. The molecule has 2 aromatic rings. The Labute approximate surface area is 101 Å². The monoisotopic (exact) mass is 228 g/mol. The van der Waals surface area contributed by atoms with E-state index >= 15 is 0 Å². The Morgan fingerprint density at radius 3 is 2.59 bits per heavy atom. The van der Waals surface area contributed by atoms with Crippen molar-refractivity contribution in [2.75, 3.05) is 6.54 Å². The zero-order valence-corrected chi connectivity index (χ0v) is 9.89. The first-order valence-electron chi connectivity index (χ1n) is 5.77. The van der Waals surface area contributed by atoms with Gasteiger partial charge in [-0.25, -0.2) is 4.98 Å². The second-order valence-corrected chi connectivity index (χ2v) is 3.70. The number of rotatable bonds is 5. The van der Waals surface area contributed by atoms with Crippen molar-refractivity contribution in [2.24, 2.45) is 0 Å². The lowest BCUT2D eigenvalue weighted by atomic mass is 10.3. The van der Waals surface area contributed by atoms with E-state index in [-0.39, 0.29) is 0 Å². The van der Waals surface area contributed by atoms with E-state index in [4.69, 9.17) is 4.74 Å². The van der Waals surface area contributed by atoms with Gasteiger partial charge in [-0.15, -0.1) is 0 Å². The molecular weight excluding hydrogens is 212 g/mol. The highest BCUT2D eigenvalue weighted by atomic mass is 16.5. The highest BCUT2D eigenvalue weighted by Crippen LogP contribution is 2.18. The van der Waals surface area contributed by atoms with Gasteiger partial charge in [0.1, 0.15) is 5.75 Å². The molecule has 0 bridgehead atoms. The summed E-state index contributed by atoms with van der Waals surface area (Å²) < 4.78 is 5.61. The first-order valence-corrected chi connectivity index (χ1v) is 5.77. The summed E-state index contributed by atoms with van der Waals surface area (Å²) in [4.78, 5) is 4.26. The van der Waals surface area contributed by atoms with Crippen molar-refractivity contribution in [1.29, 1.82) is 0 Å². The van der Waals surface area contributed by atoms with E-state index in [9.17, 15) is 0 Å². The lowest BCUT2D eigenvalue weighted by Gasteiger charge is -2.05. The third kappa shape index (κ3) is 3.57. The fourth-order valence-electron chi connectivity index (χ4n) is 1.45. The van der Waals surface area contributed by atoms with Gasteiger partial charge in [-0.1, -0.05) is 31.2 Å². The molecule has 0 amide bonds. The topological polar surface area (TPSA) is 34.1 Å². The third-order valence-corrected chi connectivity index (χ3v) is 2.34. The molecule has 1 aromatic carbocycles. The molecule has 0 spiro atoms. The van der Waals surface area contributed by atoms with E-state index in [2.05, 4.69) is 17.2 Å². The SMILES string of the molecule is CCNCc1ccc(Oc2ccccc2)nc1. The van der Waals surface area contributed by atoms with E-state index in [1.54, 1.807) is 0 Å². The number of nitrogens with zero attached hydrogens (tertiary/aromatic N) is 1. The predicted molar refractivity (Wildman–Crippen MR) is 68.1 cm³/mol. The average molecular weight is 228 g/mol. The van der Waals surface area contributed by atoms with Crippen LogP contribution in [-0.4, -0.2) is 11.5 Å². The summed E-state index contributed by atoms with van der Waals surface area (Å²) in [6.07, 6.45) is 1.83. The molecule has 0 aliphatic rings. The van der Waals surface area contributed by atoms with Gasteiger partial charge in [-0.2, -0.15) is 0 Å². The van der Waals surface area contributed by atoms with Crippen molar-refractivity contribution in [3.63, 3.8) is 0 Å². The Kier molecular flexibility index (Phi) is 4.11. The lowest BCUT2D eigenvalue weighted by Crippen LogP contribution is -2.11. The van der Waals surface area contributed by atoms with Crippen LogP contribution in [0, 0.1) is 0 Å². The summed E-state index contributed by atoms with van der Waals surface area (Å²) in [5, 5.41) is 3.25. The minimum absolute atomic E-state index is 0.622. The molecule has 1 N–H and O–H groups in total. The Hall–Kier alpha value is -1.87.